The highest BCUT2D eigenvalue weighted by atomic mass is 35.5. The summed E-state index contributed by atoms with van der Waals surface area (Å²) in [6, 6.07) is 16.6. The molecule has 2 unspecified atom stereocenters. The van der Waals surface area contributed by atoms with E-state index in [1.54, 1.807) is 24.5 Å². The maximum Gasteiger partial charge on any atom is 0.201 e. The molecule has 0 spiro atoms. The summed E-state index contributed by atoms with van der Waals surface area (Å²) in [6.07, 6.45) is 3.38. The van der Waals surface area contributed by atoms with Crippen molar-refractivity contribution in [2.75, 3.05) is 17.4 Å². The van der Waals surface area contributed by atoms with E-state index in [0.717, 1.165) is 27.6 Å². The van der Waals surface area contributed by atoms with Crippen LogP contribution in [0.15, 0.2) is 67.0 Å². The number of aromatic nitrogens is 3. The van der Waals surface area contributed by atoms with Crippen molar-refractivity contribution in [3.8, 4) is 11.3 Å². The molecule has 10 heteroatoms. The smallest absolute Gasteiger partial charge is 0.201 e. The third-order valence-electron chi connectivity index (χ3n) is 4.90. The van der Waals surface area contributed by atoms with Crippen LogP contribution in [0, 0.1) is 0 Å². The fraction of sp³-hybridized carbons (Fsp3) is 0.136. The fourth-order valence-electron chi connectivity index (χ4n) is 3.35. The van der Waals surface area contributed by atoms with Crippen LogP contribution in [-0.4, -0.2) is 26.5 Å². The van der Waals surface area contributed by atoms with Crippen LogP contribution < -0.4 is 16.6 Å². The fourth-order valence-corrected chi connectivity index (χ4v) is 4.46. The molecule has 0 saturated heterocycles. The average molecular weight is 469 g/mol. The standard InChI is InChI=1S/C22H22ClN6O2P/c1-32(30,31)13-14-4-6-15(7-5-14)19-12-27-21(24)22(28-19)29(25)20(23)17-8-9-18-16(11-17)3-2-10-26-18/h2-12,20H,13,25H2,1H3,(H2,24,27)(H,30,31). The number of hydrazine groups is 1. The molecule has 8 nitrogen and oxygen atoms in total. The molecule has 0 amide bonds. The molecule has 4 aromatic rings. The van der Waals surface area contributed by atoms with E-state index in [1.165, 1.54) is 11.7 Å². The Balaban J connectivity index is 1.62. The Kier molecular flexibility index (Phi) is 6.13. The molecule has 5 N–H and O–H groups in total. The van der Waals surface area contributed by atoms with Gasteiger partial charge in [-0.15, -0.1) is 0 Å². The van der Waals surface area contributed by atoms with Crippen molar-refractivity contribution < 1.29 is 9.46 Å². The second kappa shape index (κ2) is 8.84. The lowest BCUT2D eigenvalue weighted by Gasteiger charge is -2.25. The van der Waals surface area contributed by atoms with Crippen LogP contribution in [0.5, 0.6) is 0 Å². The second-order valence-electron chi connectivity index (χ2n) is 7.57. The monoisotopic (exact) mass is 468 g/mol. The van der Waals surface area contributed by atoms with Gasteiger partial charge in [0.25, 0.3) is 0 Å². The lowest BCUT2D eigenvalue weighted by atomic mass is 10.1. The Bertz CT molecular complexity index is 1310. The summed E-state index contributed by atoms with van der Waals surface area (Å²) in [5, 5.41) is 2.22. The number of nitrogens with zero attached hydrogens (tertiary/aromatic N) is 4. The SMILES string of the molecule is CP(=O)(O)Cc1ccc(-c2cnc(N)c(N(N)C(Cl)c3ccc4ncccc4c3)n2)cc1. The van der Waals surface area contributed by atoms with E-state index in [2.05, 4.69) is 15.0 Å². The van der Waals surface area contributed by atoms with Crippen molar-refractivity contribution >= 4 is 41.5 Å². The Morgan fingerprint density at radius 1 is 1.16 bits per heavy atom. The average Bonchev–Trinajstić information content (AvgIpc) is 2.77. The highest BCUT2D eigenvalue weighted by Gasteiger charge is 2.21. The topological polar surface area (TPSA) is 131 Å². The van der Waals surface area contributed by atoms with Gasteiger partial charge in [0.2, 0.25) is 7.37 Å². The van der Waals surface area contributed by atoms with Gasteiger partial charge < -0.3 is 10.6 Å². The molecule has 0 fully saturated rings. The number of benzene rings is 2. The predicted octanol–water partition coefficient (Wildman–Crippen LogP) is 4.29. The molecular formula is C22H22ClN6O2P. The first-order chi connectivity index (χ1) is 15.2. The van der Waals surface area contributed by atoms with Gasteiger partial charge in [-0.2, -0.15) is 0 Å². The van der Waals surface area contributed by atoms with Gasteiger partial charge in [-0.05, 0) is 29.3 Å². The van der Waals surface area contributed by atoms with E-state index in [9.17, 15) is 9.46 Å². The van der Waals surface area contributed by atoms with Crippen molar-refractivity contribution in [3.05, 3.63) is 78.1 Å². The highest BCUT2D eigenvalue weighted by molar-refractivity contribution is 7.56. The predicted molar refractivity (Wildman–Crippen MR) is 128 cm³/mol. The molecule has 2 atom stereocenters. The Morgan fingerprint density at radius 3 is 2.62 bits per heavy atom. The molecule has 164 valence electrons. The largest absolute Gasteiger partial charge is 0.381 e. The number of alkyl halides is 1. The number of rotatable bonds is 6. The Hall–Kier alpha value is -3.03. The summed E-state index contributed by atoms with van der Waals surface area (Å²) in [7, 11) is -3.14. The van der Waals surface area contributed by atoms with Gasteiger partial charge in [-0.3, -0.25) is 14.6 Å². The molecule has 2 aromatic carbocycles. The van der Waals surface area contributed by atoms with Gasteiger partial charge in [0.1, 0.15) is 5.50 Å². The van der Waals surface area contributed by atoms with Gasteiger partial charge >= 0.3 is 0 Å². The summed E-state index contributed by atoms with van der Waals surface area (Å²) in [4.78, 5) is 22.7. The molecule has 2 heterocycles. The number of anilines is 2. The van der Waals surface area contributed by atoms with Crippen LogP contribution in [0.1, 0.15) is 16.6 Å². The number of fused-ring (bicyclic) bond motifs is 1. The number of hydrogen-bond donors (Lipinski definition) is 3. The van der Waals surface area contributed by atoms with Crippen LogP contribution >= 0.6 is 19.0 Å². The maximum absolute atomic E-state index is 11.6. The molecule has 0 saturated carbocycles. The van der Waals surface area contributed by atoms with Gasteiger partial charge in [0.15, 0.2) is 11.6 Å². The molecule has 0 radical (unpaired) electrons. The number of nitrogens with two attached hydrogens (primary N) is 2. The molecule has 0 aliphatic heterocycles. The van der Waals surface area contributed by atoms with Gasteiger partial charge in [-0.25, -0.2) is 15.8 Å². The molecule has 0 aliphatic rings. The van der Waals surface area contributed by atoms with E-state index in [4.69, 9.17) is 23.2 Å². The minimum Gasteiger partial charge on any atom is -0.381 e. The van der Waals surface area contributed by atoms with Crippen molar-refractivity contribution in [1.29, 1.82) is 0 Å². The molecular weight excluding hydrogens is 447 g/mol. The van der Waals surface area contributed by atoms with Gasteiger partial charge in [0, 0.05) is 30.0 Å². The highest BCUT2D eigenvalue weighted by Crippen LogP contribution is 2.40. The Morgan fingerprint density at radius 2 is 1.91 bits per heavy atom. The molecule has 0 aliphatic carbocycles. The van der Waals surface area contributed by atoms with Crippen LogP contribution in [0.4, 0.5) is 11.6 Å². The lowest BCUT2D eigenvalue weighted by molar-refractivity contribution is 0.484. The molecule has 32 heavy (non-hydrogen) atoms. The number of halogens is 1. The normalized spacial score (nSPS) is 14.1. The van der Waals surface area contributed by atoms with Crippen LogP contribution in [-0.2, 0) is 10.7 Å². The van der Waals surface area contributed by atoms with Crippen LogP contribution in [0.3, 0.4) is 0 Å². The summed E-state index contributed by atoms with van der Waals surface area (Å²) >= 11 is 6.65. The van der Waals surface area contributed by atoms with Gasteiger partial charge in [0.05, 0.1) is 17.4 Å². The molecule has 4 rings (SSSR count). The van der Waals surface area contributed by atoms with E-state index in [1.807, 2.05) is 42.5 Å². The zero-order valence-electron chi connectivity index (χ0n) is 17.3. The quantitative estimate of drug-likeness (QED) is 0.125. The van der Waals surface area contributed by atoms with E-state index >= 15 is 0 Å². The summed E-state index contributed by atoms with van der Waals surface area (Å²) in [5.74, 6) is 6.69. The van der Waals surface area contributed by atoms with Crippen LogP contribution in [0.2, 0.25) is 0 Å². The lowest BCUT2D eigenvalue weighted by Crippen LogP contribution is -2.34. The number of nitrogen functional groups attached to an aromatic ring is 1. The van der Waals surface area contributed by atoms with Crippen molar-refractivity contribution in [2.45, 2.75) is 11.7 Å². The van der Waals surface area contributed by atoms with Crippen molar-refractivity contribution in [1.82, 2.24) is 15.0 Å². The zero-order chi connectivity index (χ0) is 22.9. The summed E-state index contributed by atoms with van der Waals surface area (Å²) in [6.45, 7) is 1.34. The van der Waals surface area contributed by atoms with Gasteiger partial charge in [-0.1, -0.05) is 48.0 Å². The first-order valence-corrected chi connectivity index (χ1v) is 12.5. The molecule has 2 aromatic heterocycles. The summed E-state index contributed by atoms with van der Waals surface area (Å²) in [5.41, 5.74) is 9.00. The second-order valence-corrected chi connectivity index (χ2v) is 10.4. The number of pyridine rings is 1. The third-order valence-corrected chi connectivity index (χ3v) is 6.31. The van der Waals surface area contributed by atoms with Crippen molar-refractivity contribution in [3.63, 3.8) is 0 Å². The first-order valence-electron chi connectivity index (χ1n) is 9.75. The van der Waals surface area contributed by atoms with Crippen LogP contribution in [0.25, 0.3) is 22.2 Å². The van der Waals surface area contributed by atoms with E-state index < -0.39 is 12.9 Å². The third kappa shape index (κ3) is 4.89. The maximum atomic E-state index is 11.6. The minimum absolute atomic E-state index is 0.109. The number of hydrogen-bond acceptors (Lipinski definition) is 7. The first kappa shape index (κ1) is 22.2. The van der Waals surface area contributed by atoms with E-state index in [0.29, 0.717) is 5.69 Å². The molecule has 0 bridgehead atoms. The van der Waals surface area contributed by atoms with Crippen molar-refractivity contribution in [2.24, 2.45) is 5.84 Å². The zero-order valence-corrected chi connectivity index (χ0v) is 18.9. The summed E-state index contributed by atoms with van der Waals surface area (Å²) < 4.78 is 11.6. The van der Waals surface area contributed by atoms with E-state index in [-0.39, 0.29) is 17.8 Å². The minimum atomic E-state index is -3.14. The Labute approximate surface area is 190 Å².